The van der Waals surface area contributed by atoms with Gasteiger partial charge in [-0.3, -0.25) is 0 Å². The Balaban J connectivity index is 2.40. The van der Waals surface area contributed by atoms with Gasteiger partial charge in [0.05, 0.1) is 0 Å². The summed E-state index contributed by atoms with van der Waals surface area (Å²) in [7, 11) is 0. The van der Waals surface area contributed by atoms with Crippen molar-refractivity contribution in [1.82, 2.24) is 5.16 Å². The van der Waals surface area contributed by atoms with Gasteiger partial charge in [0.1, 0.15) is 0 Å². The predicted octanol–water partition coefficient (Wildman–Crippen LogP) is 0.0552. The van der Waals surface area contributed by atoms with Crippen molar-refractivity contribution in [3.8, 4) is 11.6 Å². The highest BCUT2D eigenvalue weighted by molar-refractivity contribution is 5.94. The van der Waals surface area contributed by atoms with Gasteiger partial charge in [0.15, 0.2) is 6.26 Å². The van der Waals surface area contributed by atoms with E-state index in [0.717, 1.165) is 18.4 Å². The van der Waals surface area contributed by atoms with Gasteiger partial charge in [-0.05, 0) is 5.16 Å². The molecule has 0 radical (unpaired) electrons. The second kappa shape index (κ2) is 2.74. The van der Waals surface area contributed by atoms with Gasteiger partial charge in [0, 0.05) is 12.2 Å². The number of ether oxygens (including phenoxy) is 2. The lowest BCUT2D eigenvalue weighted by molar-refractivity contribution is -0.133. The standard InChI is InChI=1S/C7H3NO5/c9-5-1-2-6(10)13-7-4(12-5)3-11-8-7/h1-3H/b2-1+. The van der Waals surface area contributed by atoms with Crippen LogP contribution in [0.25, 0.3) is 0 Å². The fraction of sp³-hybridized carbons (Fsp3) is 0. The van der Waals surface area contributed by atoms with Gasteiger partial charge in [-0.1, -0.05) is 0 Å². The third-order valence-corrected chi connectivity index (χ3v) is 1.27. The summed E-state index contributed by atoms with van der Waals surface area (Å²) in [5, 5.41) is 3.31. The van der Waals surface area contributed by atoms with E-state index in [1.807, 2.05) is 0 Å². The minimum absolute atomic E-state index is 0.0114. The predicted molar refractivity (Wildman–Crippen MR) is 36.9 cm³/mol. The molecular weight excluding hydrogens is 178 g/mol. The quantitative estimate of drug-likeness (QED) is 0.526. The van der Waals surface area contributed by atoms with E-state index >= 15 is 0 Å². The van der Waals surface area contributed by atoms with E-state index in [9.17, 15) is 9.59 Å². The SMILES string of the molecule is O=C1/C=C/C(=O)Oc2nocc2O1. The van der Waals surface area contributed by atoms with Crippen molar-refractivity contribution in [3.63, 3.8) is 0 Å². The summed E-state index contributed by atoms with van der Waals surface area (Å²) in [6.07, 6.45) is 2.97. The second-order valence-corrected chi connectivity index (χ2v) is 2.16. The summed E-state index contributed by atoms with van der Waals surface area (Å²) in [6, 6.07) is 0. The topological polar surface area (TPSA) is 78.6 Å². The Bertz CT molecular complexity index is 357. The summed E-state index contributed by atoms with van der Waals surface area (Å²) >= 11 is 0. The van der Waals surface area contributed by atoms with Crippen LogP contribution in [-0.2, 0) is 9.59 Å². The van der Waals surface area contributed by atoms with E-state index in [-0.39, 0.29) is 11.6 Å². The summed E-state index contributed by atoms with van der Waals surface area (Å²) in [6.45, 7) is 0. The van der Waals surface area contributed by atoms with Crippen LogP contribution < -0.4 is 9.47 Å². The minimum Gasteiger partial charge on any atom is -0.414 e. The maximum Gasteiger partial charge on any atom is 0.337 e. The Morgan fingerprint density at radius 2 is 1.77 bits per heavy atom. The molecule has 1 aliphatic rings. The lowest BCUT2D eigenvalue weighted by Gasteiger charge is -2.02. The molecule has 1 aromatic rings. The number of rotatable bonds is 0. The van der Waals surface area contributed by atoms with Gasteiger partial charge in [-0.15, -0.1) is 0 Å². The van der Waals surface area contributed by atoms with E-state index in [1.54, 1.807) is 0 Å². The maximum atomic E-state index is 10.9. The van der Waals surface area contributed by atoms with E-state index in [1.165, 1.54) is 0 Å². The molecule has 0 saturated heterocycles. The normalized spacial score (nSPS) is 17.8. The molecule has 66 valence electrons. The molecule has 0 N–H and O–H groups in total. The van der Waals surface area contributed by atoms with Crippen LogP contribution in [0.15, 0.2) is 22.9 Å². The second-order valence-electron chi connectivity index (χ2n) is 2.16. The van der Waals surface area contributed by atoms with Crippen LogP contribution in [0.2, 0.25) is 0 Å². The molecule has 0 unspecified atom stereocenters. The largest absolute Gasteiger partial charge is 0.414 e. The lowest BCUT2D eigenvalue weighted by atomic mass is 10.4. The van der Waals surface area contributed by atoms with Crippen molar-refractivity contribution in [2.75, 3.05) is 0 Å². The van der Waals surface area contributed by atoms with E-state index < -0.39 is 11.9 Å². The monoisotopic (exact) mass is 181 g/mol. The fourth-order valence-corrected chi connectivity index (χ4v) is 0.762. The van der Waals surface area contributed by atoms with Crippen molar-refractivity contribution in [3.05, 3.63) is 18.4 Å². The number of hydrogen-bond donors (Lipinski definition) is 0. The van der Waals surface area contributed by atoms with Gasteiger partial charge in [0.25, 0.3) is 0 Å². The average Bonchev–Trinajstić information content (AvgIpc) is 2.47. The zero-order valence-electron chi connectivity index (χ0n) is 6.22. The number of nitrogens with zero attached hydrogens (tertiary/aromatic N) is 1. The molecule has 0 aliphatic carbocycles. The van der Waals surface area contributed by atoms with Crippen molar-refractivity contribution < 1.29 is 23.6 Å². The maximum absolute atomic E-state index is 10.9. The third kappa shape index (κ3) is 1.41. The van der Waals surface area contributed by atoms with Crippen LogP contribution >= 0.6 is 0 Å². The van der Waals surface area contributed by atoms with Crippen molar-refractivity contribution >= 4 is 11.9 Å². The molecule has 0 fully saturated rings. The number of fused-ring (bicyclic) bond motifs is 1. The lowest BCUT2D eigenvalue weighted by Crippen LogP contribution is -2.12. The van der Waals surface area contributed by atoms with Crippen LogP contribution in [0.1, 0.15) is 0 Å². The third-order valence-electron chi connectivity index (χ3n) is 1.27. The molecule has 2 heterocycles. The van der Waals surface area contributed by atoms with Crippen molar-refractivity contribution in [2.45, 2.75) is 0 Å². The number of carbonyl (C=O) groups excluding carboxylic acids is 2. The summed E-state index contributed by atoms with van der Waals surface area (Å²) in [5.74, 6) is -1.54. The highest BCUT2D eigenvalue weighted by atomic mass is 16.6. The molecule has 13 heavy (non-hydrogen) atoms. The Hall–Kier alpha value is -2.11. The fourth-order valence-electron chi connectivity index (χ4n) is 0.762. The molecule has 0 spiro atoms. The molecule has 6 nitrogen and oxygen atoms in total. The van der Waals surface area contributed by atoms with Gasteiger partial charge < -0.3 is 14.0 Å². The molecule has 0 aromatic carbocycles. The molecule has 1 aromatic heterocycles. The average molecular weight is 181 g/mol. The highest BCUT2D eigenvalue weighted by Gasteiger charge is 2.18. The molecule has 0 saturated carbocycles. The Morgan fingerprint density at radius 1 is 1.08 bits per heavy atom. The zero-order chi connectivity index (χ0) is 9.26. The highest BCUT2D eigenvalue weighted by Crippen LogP contribution is 2.26. The summed E-state index contributed by atoms with van der Waals surface area (Å²) in [5.41, 5.74) is 0. The van der Waals surface area contributed by atoms with Crippen LogP contribution in [0.3, 0.4) is 0 Å². The van der Waals surface area contributed by atoms with Crippen LogP contribution in [-0.4, -0.2) is 17.1 Å². The van der Waals surface area contributed by atoms with Crippen LogP contribution in [0.4, 0.5) is 0 Å². The van der Waals surface area contributed by atoms with Crippen LogP contribution in [0.5, 0.6) is 11.6 Å². The number of hydrogen-bond acceptors (Lipinski definition) is 6. The minimum atomic E-state index is -0.702. The van der Waals surface area contributed by atoms with Gasteiger partial charge in [0.2, 0.25) is 5.75 Å². The first kappa shape index (κ1) is 7.53. The van der Waals surface area contributed by atoms with E-state index in [4.69, 9.17) is 0 Å². The van der Waals surface area contributed by atoms with Crippen molar-refractivity contribution in [2.24, 2.45) is 0 Å². The Kier molecular flexibility index (Phi) is 1.59. The summed E-state index contributed by atoms with van der Waals surface area (Å²) in [4.78, 5) is 21.7. The summed E-state index contributed by atoms with van der Waals surface area (Å²) < 4.78 is 13.7. The molecule has 6 heteroatoms. The number of carbonyl (C=O) groups is 2. The van der Waals surface area contributed by atoms with Gasteiger partial charge in [-0.25, -0.2) is 9.59 Å². The number of esters is 2. The van der Waals surface area contributed by atoms with Gasteiger partial charge >= 0.3 is 17.8 Å². The van der Waals surface area contributed by atoms with E-state index in [2.05, 4.69) is 19.2 Å². The molecule has 0 atom stereocenters. The van der Waals surface area contributed by atoms with Crippen LogP contribution in [0, 0.1) is 0 Å². The van der Waals surface area contributed by atoms with Gasteiger partial charge in [-0.2, -0.15) is 0 Å². The molecular formula is C7H3NO5. The molecule has 0 bridgehead atoms. The molecule has 0 amide bonds. The molecule has 1 aliphatic heterocycles. The first-order valence-electron chi connectivity index (χ1n) is 3.32. The zero-order valence-corrected chi connectivity index (χ0v) is 6.22. The first-order valence-corrected chi connectivity index (χ1v) is 3.32. The first-order chi connectivity index (χ1) is 6.25. The Labute approximate surface area is 71.7 Å². The Morgan fingerprint density at radius 3 is 2.54 bits per heavy atom. The molecule has 2 rings (SSSR count). The smallest absolute Gasteiger partial charge is 0.337 e. The van der Waals surface area contributed by atoms with E-state index in [0.29, 0.717) is 0 Å². The van der Waals surface area contributed by atoms with Crippen molar-refractivity contribution in [1.29, 1.82) is 0 Å². The number of aromatic nitrogens is 1.